The third-order valence-corrected chi connectivity index (χ3v) is 5.59. The zero-order valence-corrected chi connectivity index (χ0v) is 18.5. The largest absolute Gasteiger partial charge is 0.337 e. The molecular weight excluding hydrogens is 459 g/mol. The van der Waals surface area contributed by atoms with E-state index in [1.807, 2.05) is 34.9 Å². The second-order valence-electron chi connectivity index (χ2n) is 6.12. The van der Waals surface area contributed by atoms with Crippen molar-refractivity contribution in [1.29, 1.82) is 0 Å². The van der Waals surface area contributed by atoms with Crippen molar-refractivity contribution in [3.63, 3.8) is 0 Å². The van der Waals surface area contributed by atoms with Crippen LogP contribution in [-0.4, -0.2) is 32.5 Å². The zero-order chi connectivity index (χ0) is 22.2. The topological polar surface area (TPSA) is 101 Å². The normalized spacial score (nSPS) is 10.4. The third kappa shape index (κ3) is 6.24. The minimum Gasteiger partial charge on any atom is -0.307 e. The zero-order valence-electron chi connectivity index (χ0n) is 16.1. The van der Waals surface area contributed by atoms with Crippen LogP contribution in [0, 0.1) is 0 Å². The number of anilines is 1. The van der Waals surface area contributed by atoms with Crippen LogP contribution in [-0.2, 0) is 11.3 Å². The van der Waals surface area contributed by atoms with E-state index in [0.717, 1.165) is 5.56 Å². The van der Waals surface area contributed by atoms with Gasteiger partial charge >= 0.3 is 6.03 Å². The molecule has 3 N–H and O–H groups in total. The van der Waals surface area contributed by atoms with Gasteiger partial charge in [0.05, 0.1) is 15.8 Å². The molecule has 3 rings (SSSR count). The number of halogens is 2. The van der Waals surface area contributed by atoms with Crippen LogP contribution in [0.2, 0.25) is 10.0 Å². The molecule has 0 spiro atoms. The monoisotopic (exact) mass is 476 g/mol. The summed E-state index contributed by atoms with van der Waals surface area (Å²) in [7, 11) is 0. The van der Waals surface area contributed by atoms with Crippen molar-refractivity contribution in [3.05, 3.63) is 71.2 Å². The lowest BCUT2D eigenvalue weighted by atomic mass is 10.2. The highest BCUT2D eigenvalue weighted by Crippen LogP contribution is 2.25. The standard InChI is InChI=1S/C20H18Cl2N6O2S/c1-2-10-28-18(13-6-4-3-5-7-13)25-27-20(28)31-12-17(29)24-26-19(30)23-14-8-9-15(21)16(22)11-14/h2-9,11H,1,10,12H2,(H,24,29)(H2,23,26,30). The lowest BCUT2D eigenvalue weighted by molar-refractivity contribution is -0.119. The van der Waals surface area contributed by atoms with Crippen molar-refractivity contribution >= 4 is 52.6 Å². The molecule has 0 bridgehead atoms. The van der Waals surface area contributed by atoms with E-state index in [9.17, 15) is 9.59 Å². The number of aromatic nitrogens is 3. The van der Waals surface area contributed by atoms with E-state index in [2.05, 4.69) is 32.9 Å². The van der Waals surface area contributed by atoms with Crippen molar-refractivity contribution in [2.45, 2.75) is 11.7 Å². The van der Waals surface area contributed by atoms with Gasteiger partial charge in [-0.2, -0.15) is 0 Å². The summed E-state index contributed by atoms with van der Waals surface area (Å²) in [6.07, 6.45) is 1.73. The molecule has 0 atom stereocenters. The molecule has 8 nitrogen and oxygen atoms in total. The number of hydrogen-bond acceptors (Lipinski definition) is 5. The van der Waals surface area contributed by atoms with Crippen molar-refractivity contribution < 1.29 is 9.59 Å². The summed E-state index contributed by atoms with van der Waals surface area (Å²) in [5.74, 6) is 0.295. The molecule has 0 unspecified atom stereocenters. The number of rotatable bonds is 7. The number of thioether (sulfide) groups is 1. The van der Waals surface area contributed by atoms with E-state index < -0.39 is 11.9 Å². The maximum Gasteiger partial charge on any atom is 0.337 e. The van der Waals surface area contributed by atoms with Gasteiger partial charge in [-0.15, -0.1) is 16.8 Å². The second kappa shape index (κ2) is 10.9. The van der Waals surface area contributed by atoms with Gasteiger partial charge in [-0.25, -0.2) is 10.2 Å². The predicted molar refractivity (Wildman–Crippen MR) is 123 cm³/mol. The molecule has 0 radical (unpaired) electrons. The summed E-state index contributed by atoms with van der Waals surface area (Å²) < 4.78 is 1.87. The molecule has 0 aliphatic heterocycles. The smallest absolute Gasteiger partial charge is 0.307 e. The Bertz CT molecular complexity index is 1090. The van der Waals surface area contributed by atoms with Gasteiger partial charge in [-0.05, 0) is 18.2 Å². The van der Waals surface area contributed by atoms with Gasteiger partial charge in [0.15, 0.2) is 11.0 Å². The number of carbonyl (C=O) groups excluding carboxylic acids is 2. The van der Waals surface area contributed by atoms with E-state index in [4.69, 9.17) is 23.2 Å². The Labute approximate surface area is 193 Å². The summed E-state index contributed by atoms with van der Waals surface area (Å²) in [4.78, 5) is 24.1. The van der Waals surface area contributed by atoms with E-state index in [-0.39, 0.29) is 5.75 Å². The molecule has 1 aromatic heterocycles. The summed E-state index contributed by atoms with van der Waals surface area (Å²) in [6.45, 7) is 4.26. The molecule has 0 aliphatic carbocycles. The van der Waals surface area contributed by atoms with Gasteiger partial charge in [0.1, 0.15) is 0 Å². The van der Waals surface area contributed by atoms with E-state index in [1.165, 1.54) is 17.8 Å². The number of urea groups is 1. The molecule has 0 fully saturated rings. The van der Waals surface area contributed by atoms with Crippen LogP contribution in [0.3, 0.4) is 0 Å². The third-order valence-electron chi connectivity index (χ3n) is 3.89. The minimum absolute atomic E-state index is 0.0249. The molecule has 11 heteroatoms. The first kappa shape index (κ1) is 22.7. The fourth-order valence-electron chi connectivity index (χ4n) is 2.52. The Morgan fingerprint density at radius 1 is 1.06 bits per heavy atom. The van der Waals surface area contributed by atoms with Crippen LogP contribution in [0.4, 0.5) is 10.5 Å². The molecule has 3 aromatic rings. The highest BCUT2D eigenvalue weighted by Gasteiger charge is 2.15. The van der Waals surface area contributed by atoms with E-state index in [0.29, 0.717) is 33.3 Å². The van der Waals surface area contributed by atoms with Gasteiger partial charge in [0.25, 0.3) is 0 Å². The van der Waals surface area contributed by atoms with Crippen molar-refractivity contribution in [1.82, 2.24) is 25.6 Å². The number of allylic oxidation sites excluding steroid dienone is 1. The predicted octanol–water partition coefficient (Wildman–Crippen LogP) is 4.38. The average Bonchev–Trinajstić information content (AvgIpc) is 3.17. The lowest BCUT2D eigenvalue weighted by Gasteiger charge is -2.10. The van der Waals surface area contributed by atoms with Gasteiger partial charge < -0.3 is 5.32 Å². The van der Waals surface area contributed by atoms with Crippen LogP contribution >= 0.6 is 35.0 Å². The van der Waals surface area contributed by atoms with Gasteiger partial charge in [-0.3, -0.25) is 14.8 Å². The van der Waals surface area contributed by atoms with Crippen molar-refractivity contribution in [2.24, 2.45) is 0 Å². The summed E-state index contributed by atoms with van der Waals surface area (Å²) in [5.41, 5.74) is 5.95. The fourth-order valence-corrected chi connectivity index (χ4v) is 3.56. The fraction of sp³-hybridized carbons (Fsp3) is 0.100. The molecule has 0 aliphatic rings. The van der Waals surface area contributed by atoms with Crippen LogP contribution in [0.25, 0.3) is 11.4 Å². The van der Waals surface area contributed by atoms with E-state index >= 15 is 0 Å². The number of hydrazine groups is 1. The minimum atomic E-state index is -0.627. The highest BCUT2D eigenvalue weighted by molar-refractivity contribution is 7.99. The molecule has 1 heterocycles. The number of carbonyl (C=O) groups is 2. The van der Waals surface area contributed by atoms with Gasteiger partial charge in [0, 0.05) is 17.8 Å². The SMILES string of the molecule is C=CCn1c(SCC(=O)NNC(=O)Nc2ccc(Cl)c(Cl)c2)nnc1-c1ccccc1. The average molecular weight is 477 g/mol. The second-order valence-corrected chi connectivity index (χ2v) is 7.87. The maximum absolute atomic E-state index is 12.1. The van der Waals surface area contributed by atoms with E-state index in [1.54, 1.807) is 18.2 Å². The summed E-state index contributed by atoms with van der Waals surface area (Å²) >= 11 is 12.9. The molecular formula is C20H18Cl2N6O2S. The van der Waals surface area contributed by atoms with Gasteiger partial charge in [0.2, 0.25) is 5.91 Å². The number of amides is 3. The first-order valence-corrected chi connectivity index (χ1v) is 10.7. The lowest BCUT2D eigenvalue weighted by Crippen LogP contribution is -2.44. The number of nitrogens with one attached hydrogen (secondary N) is 3. The first-order valence-electron chi connectivity index (χ1n) is 9.01. The van der Waals surface area contributed by atoms with Crippen molar-refractivity contribution in [2.75, 3.05) is 11.1 Å². The van der Waals surface area contributed by atoms with Crippen LogP contribution in [0.1, 0.15) is 0 Å². The molecule has 0 saturated heterocycles. The summed E-state index contributed by atoms with van der Waals surface area (Å²) in [5, 5.41) is 12.2. The number of hydrogen-bond donors (Lipinski definition) is 3. The molecule has 3 amide bonds. The summed E-state index contributed by atoms with van der Waals surface area (Å²) in [6, 6.07) is 13.6. The first-order chi connectivity index (χ1) is 15.0. The van der Waals surface area contributed by atoms with Crippen LogP contribution < -0.4 is 16.2 Å². The molecule has 2 aromatic carbocycles. The molecule has 160 valence electrons. The Morgan fingerprint density at radius 3 is 2.55 bits per heavy atom. The quantitative estimate of drug-likeness (QED) is 0.266. The van der Waals surface area contributed by atoms with Crippen LogP contribution in [0.15, 0.2) is 66.3 Å². The Morgan fingerprint density at radius 2 is 1.84 bits per heavy atom. The Kier molecular flexibility index (Phi) is 7.94. The molecule has 31 heavy (non-hydrogen) atoms. The maximum atomic E-state index is 12.1. The Hall–Kier alpha value is -3.01. The van der Waals surface area contributed by atoms with Crippen molar-refractivity contribution in [3.8, 4) is 11.4 Å². The van der Waals surface area contributed by atoms with Crippen LogP contribution in [0.5, 0.6) is 0 Å². The highest BCUT2D eigenvalue weighted by atomic mass is 35.5. The number of benzene rings is 2. The number of nitrogens with zero attached hydrogens (tertiary/aromatic N) is 3. The van der Waals surface area contributed by atoms with Gasteiger partial charge in [-0.1, -0.05) is 71.4 Å². The Balaban J connectivity index is 1.53. The molecule has 0 saturated carbocycles.